The third-order valence-electron chi connectivity index (χ3n) is 10.9. The van der Waals surface area contributed by atoms with Crippen molar-refractivity contribution in [2.75, 3.05) is 73.0 Å². The van der Waals surface area contributed by atoms with E-state index in [0.29, 0.717) is 119 Å². The van der Waals surface area contributed by atoms with Crippen molar-refractivity contribution in [2.45, 2.75) is 102 Å². The van der Waals surface area contributed by atoms with Crippen LogP contribution < -0.4 is 20.4 Å². The summed E-state index contributed by atoms with van der Waals surface area (Å²) in [4.78, 5) is 22.6. The lowest BCUT2D eigenvalue weighted by Crippen LogP contribution is -2.37. The maximum absolute atomic E-state index is 13.5. The molecule has 2 aliphatic carbocycles. The Morgan fingerprint density at radius 2 is 1.05 bits per heavy atom. The number of aryl methyl sites for hydroxylation is 2. The number of anilines is 4. The van der Waals surface area contributed by atoms with Crippen molar-refractivity contribution in [3.8, 4) is 11.9 Å². The largest absolute Gasteiger partial charge is 0.390 e. The van der Waals surface area contributed by atoms with Gasteiger partial charge in [0.1, 0.15) is 29.9 Å². The summed E-state index contributed by atoms with van der Waals surface area (Å²) in [5.74, 6) is -1.87. The van der Waals surface area contributed by atoms with Gasteiger partial charge in [0.05, 0.1) is 44.4 Å². The molecule has 20 heteroatoms. The molecular formula is C38H51F5N12O3. The van der Waals surface area contributed by atoms with Crippen LogP contribution in [0.3, 0.4) is 0 Å². The van der Waals surface area contributed by atoms with Crippen LogP contribution in [0, 0.1) is 13.8 Å². The molecule has 15 nitrogen and oxygen atoms in total. The highest BCUT2D eigenvalue weighted by Gasteiger charge is 2.36. The van der Waals surface area contributed by atoms with Crippen molar-refractivity contribution in [2.24, 2.45) is 0 Å². The van der Waals surface area contributed by atoms with Gasteiger partial charge in [-0.25, -0.2) is 31.3 Å². The lowest BCUT2D eigenvalue weighted by Gasteiger charge is -2.30. The Hall–Kier alpha value is -4.69. The molecule has 2 saturated carbocycles. The van der Waals surface area contributed by atoms with Crippen molar-refractivity contribution in [1.29, 1.82) is 0 Å². The molecule has 3 N–H and O–H groups in total. The number of morpholine rings is 2. The SMILES string of the molecule is Cc1cn(-c2nc(NC3CCC(F)(F)CC3)cc(N3CCOCC3)n2)nc1CF.Cc1cn(-c2nc(NC3CCC(F)(F)CC3)cc(N3CCOCC3)n2)nc1CO. The highest BCUT2D eigenvalue weighted by atomic mass is 19.3. The molecule has 0 amide bonds. The van der Waals surface area contributed by atoms with Crippen LogP contribution in [0.15, 0.2) is 24.5 Å². The van der Waals surface area contributed by atoms with E-state index in [1.165, 1.54) is 4.68 Å². The molecule has 0 aromatic carbocycles. The molecule has 0 unspecified atom stereocenters. The molecule has 6 heterocycles. The monoisotopic (exact) mass is 818 g/mol. The molecule has 316 valence electrons. The van der Waals surface area contributed by atoms with Crippen molar-refractivity contribution >= 4 is 23.3 Å². The molecule has 0 spiro atoms. The standard InChI is InChI=1S/C19H25F3N6O.C19H26F2N6O2/c1-13-12-28(26-15(13)11-20)18-24-16(23-14-2-4-19(21,22)5-3-14)10-17(25-18)27-6-8-29-9-7-27;1-13-11-27(25-15(13)12-28)18-23-16(22-14-2-4-19(20,21)5-3-14)10-17(24-18)26-6-8-29-9-7-26/h10,12,14H,2-9,11H2,1H3,(H,23,24,25);10-11,14,28H,2-9,12H2,1H3,(H,22,23,24). The summed E-state index contributed by atoms with van der Waals surface area (Å²) in [7, 11) is 0. The summed E-state index contributed by atoms with van der Waals surface area (Å²) >= 11 is 0. The number of nitrogens with zero attached hydrogens (tertiary/aromatic N) is 10. The lowest BCUT2D eigenvalue weighted by molar-refractivity contribution is -0.0366. The zero-order valence-corrected chi connectivity index (χ0v) is 32.8. The molecule has 4 aromatic heterocycles. The summed E-state index contributed by atoms with van der Waals surface area (Å²) in [5, 5.41) is 24.6. The summed E-state index contributed by atoms with van der Waals surface area (Å²) in [5.41, 5.74) is 2.47. The lowest BCUT2D eigenvalue weighted by atomic mass is 9.92. The Bertz CT molecular complexity index is 1830. The summed E-state index contributed by atoms with van der Waals surface area (Å²) in [6, 6.07) is 3.55. The van der Waals surface area contributed by atoms with E-state index in [9.17, 15) is 27.1 Å². The second-order valence-corrected chi connectivity index (χ2v) is 15.3. The molecule has 0 atom stereocenters. The van der Waals surface area contributed by atoms with E-state index in [4.69, 9.17) is 9.47 Å². The highest BCUT2D eigenvalue weighted by molar-refractivity contribution is 5.53. The fourth-order valence-corrected chi connectivity index (χ4v) is 7.38. The van der Waals surface area contributed by atoms with E-state index >= 15 is 0 Å². The molecule has 58 heavy (non-hydrogen) atoms. The van der Waals surface area contributed by atoms with Crippen molar-refractivity contribution < 1.29 is 36.5 Å². The van der Waals surface area contributed by atoms with Crippen molar-refractivity contribution in [3.05, 3.63) is 47.0 Å². The van der Waals surface area contributed by atoms with Gasteiger partial charge >= 0.3 is 0 Å². The zero-order valence-electron chi connectivity index (χ0n) is 32.8. The first-order chi connectivity index (χ1) is 27.9. The zero-order chi connectivity index (χ0) is 40.9. The number of ether oxygens (including phenoxy) is 2. The number of aromatic nitrogens is 8. The minimum absolute atomic E-state index is 0.0534. The number of alkyl halides is 5. The molecule has 0 radical (unpaired) electrons. The van der Waals surface area contributed by atoms with Crippen LogP contribution >= 0.6 is 0 Å². The van der Waals surface area contributed by atoms with Crippen LogP contribution in [-0.4, -0.2) is 121 Å². The third-order valence-corrected chi connectivity index (χ3v) is 10.9. The Balaban J connectivity index is 0.000000177. The van der Waals surface area contributed by atoms with Gasteiger partial charge in [0.25, 0.3) is 11.9 Å². The Morgan fingerprint density at radius 1 is 0.655 bits per heavy atom. The van der Waals surface area contributed by atoms with E-state index in [-0.39, 0.29) is 44.4 Å². The van der Waals surface area contributed by atoms with E-state index in [1.54, 1.807) is 24.0 Å². The van der Waals surface area contributed by atoms with Gasteiger partial charge in [0, 0.05) is 88.5 Å². The second-order valence-electron chi connectivity index (χ2n) is 15.3. The average Bonchev–Trinajstić information content (AvgIpc) is 3.81. The Morgan fingerprint density at radius 3 is 1.41 bits per heavy atom. The van der Waals surface area contributed by atoms with E-state index in [0.717, 1.165) is 16.9 Å². The maximum Gasteiger partial charge on any atom is 0.254 e. The Kier molecular flexibility index (Phi) is 12.9. The highest BCUT2D eigenvalue weighted by Crippen LogP contribution is 2.36. The molecule has 8 rings (SSSR count). The van der Waals surface area contributed by atoms with Crippen LogP contribution in [0.1, 0.15) is 73.9 Å². The van der Waals surface area contributed by atoms with Crippen LogP contribution in [0.25, 0.3) is 11.9 Å². The van der Waals surface area contributed by atoms with Crippen molar-refractivity contribution in [1.82, 2.24) is 39.5 Å². The van der Waals surface area contributed by atoms with Crippen LogP contribution in [0.4, 0.5) is 45.2 Å². The molecule has 2 saturated heterocycles. The minimum Gasteiger partial charge on any atom is -0.390 e. The van der Waals surface area contributed by atoms with E-state index < -0.39 is 18.5 Å². The fraction of sp³-hybridized carbons (Fsp3) is 0.632. The number of hydrogen-bond acceptors (Lipinski definition) is 13. The Labute approximate surface area is 333 Å². The van der Waals surface area contributed by atoms with Gasteiger partial charge in [0.2, 0.25) is 11.8 Å². The first-order valence-electron chi connectivity index (χ1n) is 19.9. The number of hydrogen-bond donors (Lipinski definition) is 3. The predicted octanol–water partition coefficient (Wildman–Crippen LogP) is 5.56. The van der Waals surface area contributed by atoms with Crippen LogP contribution in [0.5, 0.6) is 0 Å². The molecule has 2 aliphatic heterocycles. The quantitative estimate of drug-likeness (QED) is 0.171. The molecule has 4 fully saturated rings. The van der Waals surface area contributed by atoms with Gasteiger partial charge in [-0.3, -0.25) is 0 Å². The summed E-state index contributed by atoms with van der Waals surface area (Å²) in [6.45, 7) is 8.08. The summed E-state index contributed by atoms with van der Waals surface area (Å²) in [6.07, 6.45) is 4.54. The van der Waals surface area contributed by atoms with E-state index in [1.807, 2.05) is 19.1 Å². The third kappa shape index (κ3) is 10.5. The number of aliphatic hydroxyl groups excluding tert-OH is 1. The number of nitrogens with one attached hydrogen (secondary N) is 2. The predicted molar refractivity (Wildman–Crippen MR) is 206 cm³/mol. The van der Waals surface area contributed by atoms with Gasteiger partial charge in [0.15, 0.2) is 0 Å². The number of rotatable bonds is 10. The van der Waals surface area contributed by atoms with Crippen LogP contribution in [-0.2, 0) is 22.8 Å². The fourth-order valence-electron chi connectivity index (χ4n) is 7.38. The van der Waals surface area contributed by atoms with Gasteiger partial charge in [-0.05, 0) is 50.7 Å². The van der Waals surface area contributed by atoms with Gasteiger partial charge in [-0.15, -0.1) is 0 Å². The van der Waals surface area contributed by atoms with E-state index in [2.05, 4.69) is 50.6 Å². The van der Waals surface area contributed by atoms with Gasteiger partial charge in [-0.2, -0.15) is 30.1 Å². The van der Waals surface area contributed by atoms with Gasteiger partial charge in [-0.1, -0.05) is 0 Å². The molecule has 0 bridgehead atoms. The average molecular weight is 819 g/mol. The van der Waals surface area contributed by atoms with Crippen molar-refractivity contribution in [3.63, 3.8) is 0 Å². The molecule has 4 aromatic rings. The normalized spacial score (nSPS) is 20.1. The summed E-state index contributed by atoms with van der Waals surface area (Å²) < 4.78 is 80.9. The topological polar surface area (TPSA) is 156 Å². The number of halogens is 5. The molecule has 4 aliphatic rings. The first-order valence-corrected chi connectivity index (χ1v) is 19.9. The molecular weight excluding hydrogens is 767 g/mol. The second kappa shape index (κ2) is 18.1. The minimum atomic E-state index is -2.58. The number of aliphatic hydroxyl groups is 1. The first kappa shape index (κ1) is 41.5. The van der Waals surface area contributed by atoms with Crippen LogP contribution in [0.2, 0.25) is 0 Å². The smallest absolute Gasteiger partial charge is 0.254 e. The van der Waals surface area contributed by atoms with Gasteiger partial charge < -0.3 is 35.0 Å². The maximum atomic E-state index is 13.5.